The standard InChI is InChI=1S/C23H32N4O2/c1-3-17-11-5-8-14-25(17)22(28)20-19-13-7-10-16-27(19)21(24-20)23(29)26-15-9-6-12-18(26)4-2/h7,10,13,16-18H,3-6,8-9,11-12,14-15H2,1-2H3. The number of hydrogen-bond acceptors (Lipinski definition) is 3. The SMILES string of the molecule is CCC1CCCCN1C(=O)c1nc(C(=O)N2CCCCC2CC)n2ccccc12. The largest absolute Gasteiger partial charge is 0.334 e. The van der Waals surface area contributed by atoms with Gasteiger partial charge >= 0.3 is 0 Å². The molecule has 0 saturated carbocycles. The van der Waals surface area contributed by atoms with Crippen LogP contribution in [0.3, 0.4) is 0 Å². The summed E-state index contributed by atoms with van der Waals surface area (Å²) in [5.74, 6) is 0.279. The van der Waals surface area contributed by atoms with Gasteiger partial charge in [0.2, 0.25) is 5.82 Å². The minimum atomic E-state index is -0.0533. The van der Waals surface area contributed by atoms with Gasteiger partial charge in [-0.15, -0.1) is 0 Å². The summed E-state index contributed by atoms with van der Waals surface area (Å²) in [7, 11) is 0. The molecule has 0 bridgehead atoms. The summed E-state index contributed by atoms with van der Waals surface area (Å²) >= 11 is 0. The maximum atomic E-state index is 13.4. The Morgan fingerprint density at radius 3 is 2.17 bits per heavy atom. The van der Waals surface area contributed by atoms with Crippen LogP contribution in [0.2, 0.25) is 0 Å². The summed E-state index contributed by atoms with van der Waals surface area (Å²) in [5, 5.41) is 0. The quantitative estimate of drug-likeness (QED) is 0.780. The van der Waals surface area contributed by atoms with Gasteiger partial charge < -0.3 is 9.80 Å². The van der Waals surface area contributed by atoms with E-state index < -0.39 is 0 Å². The van der Waals surface area contributed by atoms with Gasteiger partial charge in [-0.05, 0) is 63.5 Å². The molecule has 2 aromatic heterocycles. The van der Waals surface area contributed by atoms with Gasteiger partial charge in [0.15, 0.2) is 5.69 Å². The van der Waals surface area contributed by atoms with E-state index in [1.54, 1.807) is 0 Å². The van der Waals surface area contributed by atoms with E-state index in [1.807, 2.05) is 38.6 Å². The number of fused-ring (bicyclic) bond motifs is 1. The zero-order chi connectivity index (χ0) is 20.4. The predicted octanol–water partition coefficient (Wildman–Crippen LogP) is 4.14. The van der Waals surface area contributed by atoms with Crippen molar-refractivity contribution in [1.82, 2.24) is 19.2 Å². The van der Waals surface area contributed by atoms with E-state index in [-0.39, 0.29) is 23.9 Å². The summed E-state index contributed by atoms with van der Waals surface area (Å²) in [6, 6.07) is 6.23. The summed E-state index contributed by atoms with van der Waals surface area (Å²) < 4.78 is 1.81. The van der Waals surface area contributed by atoms with Crippen LogP contribution in [0.1, 0.15) is 86.3 Å². The fourth-order valence-corrected chi connectivity index (χ4v) is 5.00. The van der Waals surface area contributed by atoms with Crippen molar-refractivity contribution in [1.29, 1.82) is 0 Å². The Labute approximate surface area is 172 Å². The lowest BCUT2D eigenvalue weighted by Crippen LogP contribution is -2.44. The lowest BCUT2D eigenvalue weighted by Gasteiger charge is -2.35. The molecule has 0 aromatic carbocycles. The zero-order valence-electron chi connectivity index (χ0n) is 17.6. The van der Waals surface area contributed by atoms with Crippen molar-refractivity contribution in [2.45, 2.75) is 77.3 Å². The van der Waals surface area contributed by atoms with Crippen LogP contribution in [0.15, 0.2) is 24.4 Å². The minimum absolute atomic E-state index is 0.0371. The van der Waals surface area contributed by atoms with Crippen molar-refractivity contribution in [2.24, 2.45) is 0 Å². The molecule has 0 spiro atoms. The molecule has 2 aliphatic rings. The Morgan fingerprint density at radius 2 is 1.55 bits per heavy atom. The van der Waals surface area contributed by atoms with Crippen LogP contribution in [-0.2, 0) is 0 Å². The van der Waals surface area contributed by atoms with Crippen LogP contribution in [0.4, 0.5) is 0 Å². The van der Waals surface area contributed by atoms with E-state index in [0.29, 0.717) is 11.5 Å². The monoisotopic (exact) mass is 396 g/mol. The highest BCUT2D eigenvalue weighted by molar-refractivity contribution is 6.02. The summed E-state index contributed by atoms with van der Waals surface area (Å²) in [5.41, 5.74) is 1.14. The fourth-order valence-electron chi connectivity index (χ4n) is 5.00. The molecule has 2 aromatic rings. The molecule has 2 unspecified atom stereocenters. The first-order valence-corrected chi connectivity index (χ1v) is 11.2. The Kier molecular flexibility index (Phi) is 5.88. The topological polar surface area (TPSA) is 57.9 Å². The Bertz CT molecular complexity index is 820. The normalized spacial score (nSPS) is 22.8. The number of carbonyl (C=O) groups excluding carboxylic acids is 2. The molecule has 2 saturated heterocycles. The van der Waals surface area contributed by atoms with Crippen LogP contribution >= 0.6 is 0 Å². The lowest BCUT2D eigenvalue weighted by atomic mass is 9.99. The molecule has 2 fully saturated rings. The van der Waals surface area contributed by atoms with Gasteiger partial charge in [-0.25, -0.2) is 4.98 Å². The predicted molar refractivity (Wildman–Crippen MR) is 113 cm³/mol. The molecule has 29 heavy (non-hydrogen) atoms. The average molecular weight is 397 g/mol. The molecule has 156 valence electrons. The number of imidazole rings is 1. The van der Waals surface area contributed by atoms with Crippen LogP contribution in [0.5, 0.6) is 0 Å². The number of pyridine rings is 1. The third kappa shape index (κ3) is 3.65. The number of hydrogen-bond donors (Lipinski definition) is 0. The summed E-state index contributed by atoms with van der Waals surface area (Å²) in [4.78, 5) is 35.5. The molecule has 2 amide bonds. The third-order valence-electron chi connectivity index (χ3n) is 6.66. The Balaban J connectivity index is 1.72. The van der Waals surface area contributed by atoms with Crippen molar-refractivity contribution < 1.29 is 9.59 Å². The lowest BCUT2D eigenvalue weighted by molar-refractivity contribution is 0.0593. The van der Waals surface area contributed by atoms with Gasteiger partial charge in [0.05, 0.1) is 5.52 Å². The first-order chi connectivity index (χ1) is 14.2. The number of nitrogens with zero attached hydrogens (tertiary/aromatic N) is 4. The highest BCUT2D eigenvalue weighted by Gasteiger charge is 2.33. The van der Waals surface area contributed by atoms with Crippen molar-refractivity contribution in [3.05, 3.63) is 35.9 Å². The minimum Gasteiger partial charge on any atom is -0.334 e. The maximum Gasteiger partial charge on any atom is 0.290 e. The second-order valence-electron chi connectivity index (χ2n) is 8.35. The molecule has 4 heterocycles. The average Bonchev–Trinajstić information content (AvgIpc) is 3.17. The molecule has 2 atom stereocenters. The number of amides is 2. The van der Waals surface area contributed by atoms with E-state index in [9.17, 15) is 9.59 Å². The van der Waals surface area contributed by atoms with E-state index in [4.69, 9.17) is 0 Å². The van der Waals surface area contributed by atoms with Crippen molar-refractivity contribution >= 4 is 17.3 Å². The van der Waals surface area contributed by atoms with Gasteiger partial charge in [0.25, 0.3) is 11.8 Å². The van der Waals surface area contributed by atoms with Crippen molar-refractivity contribution in [2.75, 3.05) is 13.1 Å². The molecule has 6 nitrogen and oxygen atoms in total. The first-order valence-electron chi connectivity index (χ1n) is 11.2. The molecule has 4 rings (SSSR count). The Hall–Kier alpha value is -2.37. The molecular formula is C23H32N4O2. The van der Waals surface area contributed by atoms with Crippen LogP contribution in [0.25, 0.3) is 5.52 Å². The highest BCUT2D eigenvalue weighted by Crippen LogP contribution is 2.26. The number of carbonyl (C=O) groups is 2. The first kappa shape index (κ1) is 19.9. The van der Waals surface area contributed by atoms with Crippen LogP contribution in [-0.4, -0.2) is 56.2 Å². The molecular weight excluding hydrogens is 364 g/mol. The molecule has 0 radical (unpaired) electrons. The van der Waals surface area contributed by atoms with Gasteiger partial charge in [0, 0.05) is 31.4 Å². The third-order valence-corrected chi connectivity index (χ3v) is 6.66. The van der Waals surface area contributed by atoms with E-state index in [1.165, 1.54) is 12.8 Å². The van der Waals surface area contributed by atoms with Gasteiger partial charge in [0.1, 0.15) is 0 Å². The molecule has 0 N–H and O–H groups in total. The number of likely N-dealkylation sites (tertiary alicyclic amines) is 2. The van der Waals surface area contributed by atoms with Crippen molar-refractivity contribution in [3.8, 4) is 0 Å². The summed E-state index contributed by atoms with van der Waals surface area (Å²) in [6.45, 7) is 5.82. The van der Waals surface area contributed by atoms with Crippen molar-refractivity contribution in [3.63, 3.8) is 0 Å². The second kappa shape index (κ2) is 8.56. The number of piperidine rings is 2. The zero-order valence-corrected chi connectivity index (χ0v) is 17.6. The van der Waals surface area contributed by atoms with Crippen LogP contribution < -0.4 is 0 Å². The summed E-state index contributed by atoms with van der Waals surface area (Å²) in [6.07, 6.45) is 10.3. The van der Waals surface area contributed by atoms with E-state index in [2.05, 4.69) is 18.8 Å². The van der Waals surface area contributed by atoms with Gasteiger partial charge in [-0.3, -0.25) is 14.0 Å². The fraction of sp³-hybridized carbons (Fsp3) is 0.609. The highest BCUT2D eigenvalue weighted by atomic mass is 16.2. The van der Waals surface area contributed by atoms with Gasteiger partial charge in [-0.2, -0.15) is 0 Å². The van der Waals surface area contributed by atoms with Crippen LogP contribution in [0, 0.1) is 0 Å². The van der Waals surface area contributed by atoms with E-state index in [0.717, 1.165) is 57.1 Å². The maximum absolute atomic E-state index is 13.4. The molecule has 0 aliphatic carbocycles. The number of rotatable bonds is 4. The Morgan fingerprint density at radius 1 is 0.931 bits per heavy atom. The van der Waals surface area contributed by atoms with E-state index >= 15 is 0 Å². The molecule has 2 aliphatic heterocycles. The second-order valence-corrected chi connectivity index (χ2v) is 8.35. The van der Waals surface area contributed by atoms with Gasteiger partial charge in [-0.1, -0.05) is 19.9 Å². The smallest absolute Gasteiger partial charge is 0.290 e. The number of aromatic nitrogens is 2. The molecule has 6 heteroatoms.